The number of rotatable bonds is 1. The summed E-state index contributed by atoms with van der Waals surface area (Å²) in [4.78, 5) is 0. The Balaban J connectivity index is 2.78. The molecule has 3 nitrogen and oxygen atoms in total. The summed E-state index contributed by atoms with van der Waals surface area (Å²) in [5.41, 5.74) is -2.75. The quantitative estimate of drug-likeness (QED) is 0.452. The molecule has 11 heteroatoms. The average molecular weight is 324 g/mol. The Morgan fingerprint density at radius 3 is 1.60 bits per heavy atom. The van der Waals surface area contributed by atoms with Crippen molar-refractivity contribution >= 4 is 12.9 Å². The number of alkyl halides is 3. The number of hydrogen-bond acceptors (Lipinski definition) is 3. The van der Waals surface area contributed by atoms with Crippen LogP contribution in [0, 0.1) is 23.3 Å². The average Bonchev–Trinajstić information content (AvgIpc) is 2.73. The fourth-order valence-electron chi connectivity index (χ4n) is 1.59. The van der Waals surface area contributed by atoms with Gasteiger partial charge in [0.15, 0.2) is 23.3 Å². The Kier molecular flexibility index (Phi) is 3.60. The van der Waals surface area contributed by atoms with E-state index in [1.165, 1.54) is 0 Å². The summed E-state index contributed by atoms with van der Waals surface area (Å²) in [6.45, 7) is -0.777. The van der Waals surface area contributed by atoms with Crippen molar-refractivity contribution < 1.29 is 44.3 Å². The van der Waals surface area contributed by atoms with E-state index in [1.807, 2.05) is 0 Å². The highest BCUT2D eigenvalue weighted by Crippen LogP contribution is 2.52. The van der Waals surface area contributed by atoms with Crippen LogP contribution in [0.15, 0.2) is 0 Å². The van der Waals surface area contributed by atoms with Crippen molar-refractivity contribution in [1.29, 1.82) is 0 Å². The van der Waals surface area contributed by atoms with Gasteiger partial charge in [0.25, 0.3) is 0 Å². The van der Waals surface area contributed by atoms with Gasteiger partial charge in [-0.25, -0.2) is 17.6 Å². The van der Waals surface area contributed by atoms with E-state index in [-0.39, 0.29) is 13.2 Å². The van der Waals surface area contributed by atoms with Crippen LogP contribution in [0.1, 0.15) is 5.56 Å². The lowest BCUT2D eigenvalue weighted by Crippen LogP contribution is -2.25. The maximum atomic E-state index is 13.5. The van der Waals surface area contributed by atoms with E-state index in [9.17, 15) is 35.3 Å². The molecule has 1 fully saturated rings. The molecule has 2 rings (SSSR count). The van der Waals surface area contributed by atoms with Crippen molar-refractivity contribution in [3.05, 3.63) is 28.8 Å². The molecule has 0 bridgehead atoms. The standard InChI is InChI=1S/C9H4F7O3P/c10-4-3(9(14,15)16)5(11)7(13)8(6(4)12)20(17)18-1-2-19-20/h1-2H2. The Bertz CT molecular complexity index is 574. The van der Waals surface area contributed by atoms with Crippen LogP contribution in [0.5, 0.6) is 0 Å². The molecule has 1 heterocycles. The van der Waals surface area contributed by atoms with Gasteiger partial charge in [-0.3, -0.25) is 4.57 Å². The van der Waals surface area contributed by atoms with Gasteiger partial charge in [0, 0.05) is 0 Å². The van der Waals surface area contributed by atoms with Crippen molar-refractivity contribution in [1.82, 2.24) is 0 Å². The molecule has 0 unspecified atom stereocenters. The summed E-state index contributed by atoms with van der Waals surface area (Å²) < 4.78 is 111. The van der Waals surface area contributed by atoms with Crippen LogP contribution in [0.2, 0.25) is 0 Å². The molecule has 0 atom stereocenters. The molecule has 0 amide bonds. The first-order valence-corrected chi connectivity index (χ1v) is 6.46. The molecule has 1 aromatic carbocycles. The summed E-state index contributed by atoms with van der Waals surface area (Å²) in [5.74, 6) is -10.3. The molecule has 0 aromatic heterocycles. The molecule has 1 aliphatic heterocycles. The van der Waals surface area contributed by atoms with Crippen LogP contribution in [0.3, 0.4) is 0 Å². The Morgan fingerprint density at radius 2 is 1.25 bits per heavy atom. The normalized spacial score (nSPS) is 18.6. The first-order chi connectivity index (χ1) is 9.09. The number of halogens is 7. The third-order valence-corrected chi connectivity index (χ3v) is 4.39. The van der Waals surface area contributed by atoms with Crippen molar-refractivity contribution in [2.45, 2.75) is 6.18 Å². The lowest BCUT2D eigenvalue weighted by atomic mass is 10.1. The summed E-state index contributed by atoms with van der Waals surface area (Å²) in [6.07, 6.45) is -5.67. The van der Waals surface area contributed by atoms with Crippen LogP contribution in [-0.2, 0) is 19.8 Å². The maximum absolute atomic E-state index is 13.5. The molecule has 1 saturated heterocycles. The van der Waals surface area contributed by atoms with Crippen LogP contribution in [0.25, 0.3) is 0 Å². The lowest BCUT2D eigenvalue weighted by Gasteiger charge is -2.16. The third kappa shape index (κ3) is 2.21. The van der Waals surface area contributed by atoms with E-state index < -0.39 is 47.9 Å². The predicted molar refractivity (Wildman–Crippen MR) is 50.4 cm³/mol. The molecule has 20 heavy (non-hydrogen) atoms. The Morgan fingerprint density at radius 1 is 0.850 bits per heavy atom. The van der Waals surface area contributed by atoms with Gasteiger partial charge in [-0.15, -0.1) is 0 Å². The second kappa shape index (κ2) is 4.71. The molecule has 0 N–H and O–H groups in total. The lowest BCUT2D eigenvalue weighted by molar-refractivity contribution is -0.143. The van der Waals surface area contributed by atoms with Gasteiger partial charge in [0.05, 0.1) is 13.2 Å². The second-order valence-electron chi connectivity index (χ2n) is 3.64. The SMILES string of the molecule is O=P1(c2c(F)c(F)c(C(F)(F)F)c(F)c2F)OCCO1. The third-order valence-electron chi connectivity index (χ3n) is 2.40. The minimum Gasteiger partial charge on any atom is -0.303 e. The highest BCUT2D eigenvalue weighted by Gasteiger charge is 2.47. The Hall–Kier alpha value is -1.12. The van der Waals surface area contributed by atoms with E-state index in [1.54, 1.807) is 0 Å². The predicted octanol–water partition coefficient (Wildman–Crippen LogP) is 3.13. The fraction of sp³-hybridized carbons (Fsp3) is 0.333. The van der Waals surface area contributed by atoms with Gasteiger partial charge in [-0.2, -0.15) is 13.2 Å². The maximum Gasteiger partial charge on any atom is 0.422 e. The zero-order valence-electron chi connectivity index (χ0n) is 9.23. The Labute approximate surface area is 106 Å². The van der Waals surface area contributed by atoms with Crippen LogP contribution >= 0.6 is 7.60 Å². The minimum atomic E-state index is -5.67. The molecule has 0 aliphatic carbocycles. The molecule has 0 spiro atoms. The molecular formula is C9H4F7O3P. The topological polar surface area (TPSA) is 35.5 Å². The van der Waals surface area contributed by atoms with Crippen molar-refractivity contribution in [2.24, 2.45) is 0 Å². The first kappa shape index (κ1) is 15.3. The van der Waals surface area contributed by atoms with Gasteiger partial charge >= 0.3 is 13.8 Å². The van der Waals surface area contributed by atoms with Gasteiger partial charge in [0.2, 0.25) is 0 Å². The van der Waals surface area contributed by atoms with Gasteiger partial charge < -0.3 is 9.05 Å². The van der Waals surface area contributed by atoms with Crippen LogP contribution in [-0.4, -0.2) is 13.2 Å². The number of benzene rings is 1. The number of hydrogen-bond donors (Lipinski definition) is 0. The largest absolute Gasteiger partial charge is 0.422 e. The van der Waals surface area contributed by atoms with E-state index in [4.69, 9.17) is 0 Å². The summed E-state index contributed by atoms with van der Waals surface area (Å²) in [5, 5.41) is -1.81. The first-order valence-electron chi connectivity index (χ1n) is 4.92. The molecule has 112 valence electrons. The van der Waals surface area contributed by atoms with E-state index in [0.717, 1.165) is 0 Å². The zero-order valence-corrected chi connectivity index (χ0v) is 10.1. The highest BCUT2D eigenvalue weighted by molar-refractivity contribution is 7.62. The van der Waals surface area contributed by atoms with Crippen LogP contribution in [0.4, 0.5) is 30.7 Å². The van der Waals surface area contributed by atoms with Crippen molar-refractivity contribution in [2.75, 3.05) is 13.2 Å². The van der Waals surface area contributed by atoms with Gasteiger partial charge in [-0.05, 0) is 0 Å². The van der Waals surface area contributed by atoms with E-state index in [0.29, 0.717) is 0 Å². The summed E-state index contributed by atoms with van der Waals surface area (Å²) >= 11 is 0. The highest BCUT2D eigenvalue weighted by atomic mass is 31.2. The monoisotopic (exact) mass is 324 g/mol. The summed E-state index contributed by atoms with van der Waals surface area (Å²) in [7, 11) is -4.72. The molecule has 1 aromatic rings. The molecule has 0 saturated carbocycles. The minimum absolute atomic E-state index is 0.388. The van der Waals surface area contributed by atoms with E-state index in [2.05, 4.69) is 9.05 Å². The van der Waals surface area contributed by atoms with Gasteiger partial charge in [0.1, 0.15) is 10.9 Å². The fourth-order valence-corrected chi connectivity index (χ4v) is 3.23. The second-order valence-corrected chi connectivity index (χ2v) is 5.60. The summed E-state index contributed by atoms with van der Waals surface area (Å²) in [6, 6.07) is 0. The molecule has 0 radical (unpaired) electrons. The van der Waals surface area contributed by atoms with Crippen LogP contribution < -0.4 is 5.30 Å². The zero-order chi connectivity index (χ0) is 15.3. The van der Waals surface area contributed by atoms with Crippen molar-refractivity contribution in [3.8, 4) is 0 Å². The molecule has 1 aliphatic rings. The smallest absolute Gasteiger partial charge is 0.303 e. The van der Waals surface area contributed by atoms with Crippen molar-refractivity contribution in [3.63, 3.8) is 0 Å². The van der Waals surface area contributed by atoms with E-state index >= 15 is 0 Å². The molecular weight excluding hydrogens is 320 g/mol. The van der Waals surface area contributed by atoms with Gasteiger partial charge in [-0.1, -0.05) is 0 Å².